The van der Waals surface area contributed by atoms with Crippen LogP contribution in [0.5, 0.6) is 0 Å². The molecule has 2 rings (SSSR count). The Morgan fingerprint density at radius 1 is 1.47 bits per heavy atom. The average molecular weight is 316 g/mol. The molecule has 88 valence electrons. The summed E-state index contributed by atoms with van der Waals surface area (Å²) in [5, 5.41) is 18.6. The van der Waals surface area contributed by atoms with Crippen LogP contribution in [-0.2, 0) is 0 Å². The minimum atomic E-state index is -0.448. The molecular formula is C9H6BrN3O3S. The Morgan fingerprint density at radius 3 is 2.82 bits per heavy atom. The summed E-state index contributed by atoms with van der Waals surface area (Å²) in [7, 11) is 0. The minimum absolute atomic E-state index is 0.000211. The Balaban J connectivity index is 2.35. The molecule has 0 atom stereocenters. The highest BCUT2D eigenvalue weighted by molar-refractivity contribution is 9.10. The van der Waals surface area contributed by atoms with Gasteiger partial charge < -0.3 is 4.42 Å². The van der Waals surface area contributed by atoms with Gasteiger partial charge in [0.2, 0.25) is 5.89 Å². The van der Waals surface area contributed by atoms with E-state index in [0.717, 1.165) is 11.8 Å². The highest BCUT2D eigenvalue weighted by Crippen LogP contribution is 2.35. The van der Waals surface area contributed by atoms with Crippen molar-refractivity contribution < 1.29 is 9.34 Å². The third-order valence-corrected chi connectivity index (χ3v) is 3.22. The van der Waals surface area contributed by atoms with E-state index in [1.54, 1.807) is 19.1 Å². The molecular weight excluding hydrogens is 310 g/mol. The van der Waals surface area contributed by atoms with E-state index in [1.165, 1.54) is 6.07 Å². The number of aryl methyl sites for hydroxylation is 1. The average Bonchev–Trinajstić information content (AvgIpc) is 2.66. The van der Waals surface area contributed by atoms with Crippen molar-refractivity contribution in [1.82, 2.24) is 10.2 Å². The van der Waals surface area contributed by atoms with Crippen LogP contribution in [0.25, 0.3) is 0 Å². The van der Waals surface area contributed by atoms with Gasteiger partial charge in [-0.2, -0.15) is 0 Å². The van der Waals surface area contributed by atoms with E-state index in [9.17, 15) is 10.1 Å². The second-order valence-corrected chi connectivity index (χ2v) is 4.97. The van der Waals surface area contributed by atoms with Crippen LogP contribution in [0.3, 0.4) is 0 Å². The molecule has 0 saturated carbocycles. The van der Waals surface area contributed by atoms with Crippen molar-refractivity contribution in [3.63, 3.8) is 0 Å². The van der Waals surface area contributed by atoms with Crippen molar-refractivity contribution in [3.8, 4) is 0 Å². The molecule has 6 nitrogen and oxygen atoms in total. The fraction of sp³-hybridized carbons (Fsp3) is 0.111. The predicted octanol–water partition coefficient (Wildman–Crippen LogP) is 3.20. The van der Waals surface area contributed by atoms with Gasteiger partial charge in [0, 0.05) is 17.5 Å². The number of benzene rings is 1. The van der Waals surface area contributed by atoms with Gasteiger partial charge in [-0.25, -0.2) is 0 Å². The van der Waals surface area contributed by atoms with Gasteiger partial charge in [-0.1, -0.05) is 15.9 Å². The largest absolute Gasteiger partial charge is 0.416 e. The van der Waals surface area contributed by atoms with E-state index in [0.29, 0.717) is 15.3 Å². The van der Waals surface area contributed by atoms with Crippen LogP contribution in [0.2, 0.25) is 0 Å². The van der Waals surface area contributed by atoms with Crippen molar-refractivity contribution >= 4 is 33.4 Å². The summed E-state index contributed by atoms with van der Waals surface area (Å²) in [5.74, 6) is 0.423. The Bertz CT molecular complexity index is 572. The number of rotatable bonds is 3. The summed E-state index contributed by atoms with van der Waals surface area (Å²) in [5.41, 5.74) is 0.000211. The normalized spacial score (nSPS) is 10.5. The Kier molecular flexibility index (Phi) is 3.43. The Labute approximate surface area is 109 Å². The highest BCUT2D eigenvalue weighted by atomic mass is 79.9. The van der Waals surface area contributed by atoms with Gasteiger partial charge in [0.1, 0.15) is 0 Å². The monoisotopic (exact) mass is 315 g/mol. The molecule has 0 bridgehead atoms. The molecule has 0 N–H and O–H groups in total. The molecule has 0 amide bonds. The van der Waals surface area contributed by atoms with Crippen LogP contribution in [0.4, 0.5) is 5.69 Å². The third kappa shape index (κ3) is 2.83. The molecule has 0 radical (unpaired) electrons. The van der Waals surface area contributed by atoms with Crippen molar-refractivity contribution in [2.45, 2.75) is 17.0 Å². The fourth-order valence-electron chi connectivity index (χ4n) is 1.13. The van der Waals surface area contributed by atoms with Crippen molar-refractivity contribution in [2.75, 3.05) is 0 Å². The highest BCUT2D eigenvalue weighted by Gasteiger charge is 2.17. The molecule has 0 saturated heterocycles. The maximum absolute atomic E-state index is 10.9. The van der Waals surface area contributed by atoms with Crippen molar-refractivity contribution in [3.05, 3.63) is 38.7 Å². The lowest BCUT2D eigenvalue weighted by atomic mass is 10.3. The first-order valence-corrected chi connectivity index (χ1v) is 6.09. The first-order chi connectivity index (χ1) is 8.06. The molecule has 0 spiro atoms. The molecule has 17 heavy (non-hydrogen) atoms. The molecule has 0 unspecified atom stereocenters. The Morgan fingerprint density at radius 2 is 2.24 bits per heavy atom. The SMILES string of the molecule is Cc1nnc(Sc2ccc(Br)cc2[N+](=O)[O-])o1. The van der Waals surface area contributed by atoms with Gasteiger partial charge in [-0.05, 0) is 23.9 Å². The Hall–Kier alpha value is -1.41. The smallest absolute Gasteiger partial charge is 0.284 e. The zero-order valence-electron chi connectivity index (χ0n) is 8.58. The molecule has 0 aliphatic carbocycles. The van der Waals surface area contributed by atoms with Gasteiger partial charge in [0.15, 0.2) is 0 Å². The second kappa shape index (κ2) is 4.84. The van der Waals surface area contributed by atoms with Crippen LogP contribution in [0, 0.1) is 17.0 Å². The molecule has 1 aromatic heterocycles. The fourth-order valence-corrected chi connectivity index (χ4v) is 2.29. The van der Waals surface area contributed by atoms with E-state index >= 15 is 0 Å². The van der Waals surface area contributed by atoms with Crippen LogP contribution < -0.4 is 0 Å². The number of nitro benzene ring substituents is 1. The van der Waals surface area contributed by atoms with Crippen LogP contribution in [0.15, 0.2) is 37.2 Å². The van der Waals surface area contributed by atoms with Crippen LogP contribution in [0.1, 0.15) is 5.89 Å². The number of nitrogens with zero attached hydrogens (tertiary/aromatic N) is 3. The number of hydrogen-bond acceptors (Lipinski definition) is 6. The van der Waals surface area contributed by atoms with Gasteiger partial charge >= 0.3 is 0 Å². The van der Waals surface area contributed by atoms with Gasteiger partial charge in [-0.3, -0.25) is 10.1 Å². The number of halogens is 1. The van der Waals surface area contributed by atoms with Crippen LogP contribution in [-0.4, -0.2) is 15.1 Å². The van der Waals surface area contributed by atoms with E-state index in [4.69, 9.17) is 4.42 Å². The minimum Gasteiger partial charge on any atom is -0.416 e. The van der Waals surface area contributed by atoms with Crippen molar-refractivity contribution in [1.29, 1.82) is 0 Å². The van der Waals surface area contributed by atoms with Gasteiger partial charge in [0.25, 0.3) is 10.9 Å². The maximum Gasteiger partial charge on any atom is 0.284 e. The summed E-state index contributed by atoms with van der Waals surface area (Å²) in [4.78, 5) is 10.9. The summed E-state index contributed by atoms with van der Waals surface area (Å²) < 4.78 is 5.81. The standard InChI is InChI=1S/C9H6BrN3O3S/c1-5-11-12-9(16-5)17-8-3-2-6(10)4-7(8)13(14)15/h2-4H,1H3. The quantitative estimate of drug-likeness (QED) is 0.639. The lowest BCUT2D eigenvalue weighted by Crippen LogP contribution is -1.90. The predicted molar refractivity (Wildman–Crippen MR) is 64.0 cm³/mol. The van der Waals surface area contributed by atoms with Gasteiger partial charge in [0.05, 0.1) is 9.82 Å². The number of aromatic nitrogens is 2. The van der Waals surface area contributed by atoms with Gasteiger partial charge in [-0.15, -0.1) is 10.2 Å². The van der Waals surface area contributed by atoms with E-state index in [1.807, 2.05) is 0 Å². The lowest BCUT2D eigenvalue weighted by molar-refractivity contribution is -0.387. The second-order valence-electron chi connectivity index (χ2n) is 3.06. The molecule has 0 aliphatic rings. The number of nitro groups is 1. The molecule has 0 fully saturated rings. The first kappa shape index (κ1) is 12.1. The third-order valence-electron chi connectivity index (χ3n) is 1.82. The summed E-state index contributed by atoms with van der Waals surface area (Å²) in [6.07, 6.45) is 0. The summed E-state index contributed by atoms with van der Waals surface area (Å²) >= 11 is 4.26. The van der Waals surface area contributed by atoms with E-state index < -0.39 is 4.92 Å². The topological polar surface area (TPSA) is 82.1 Å². The zero-order chi connectivity index (χ0) is 12.4. The first-order valence-electron chi connectivity index (χ1n) is 4.48. The summed E-state index contributed by atoms with van der Waals surface area (Å²) in [6, 6.07) is 4.79. The molecule has 1 aromatic carbocycles. The lowest BCUT2D eigenvalue weighted by Gasteiger charge is -1.99. The molecule has 1 heterocycles. The molecule has 8 heteroatoms. The number of hydrogen-bond donors (Lipinski definition) is 0. The summed E-state index contributed by atoms with van der Waals surface area (Å²) in [6.45, 7) is 1.66. The molecule has 0 aliphatic heterocycles. The van der Waals surface area contributed by atoms with Crippen molar-refractivity contribution in [2.24, 2.45) is 0 Å². The van der Waals surface area contributed by atoms with E-state index in [-0.39, 0.29) is 10.9 Å². The van der Waals surface area contributed by atoms with E-state index in [2.05, 4.69) is 26.1 Å². The molecule has 2 aromatic rings. The van der Waals surface area contributed by atoms with Crippen LogP contribution >= 0.6 is 27.7 Å². The maximum atomic E-state index is 10.9. The zero-order valence-corrected chi connectivity index (χ0v) is 11.0.